The SMILES string of the molecule is CCN1CCC2Nc3ccc(S(=O)(=O)c4ccc(F)c(F)c4)cc3[C@@H]2CC1. The minimum atomic E-state index is -3.91. The molecule has 2 aromatic carbocycles. The van der Waals surface area contributed by atoms with Gasteiger partial charge in [0.15, 0.2) is 11.6 Å². The third kappa shape index (κ3) is 3.23. The lowest BCUT2D eigenvalue weighted by molar-refractivity contribution is 0.298. The fraction of sp³-hybridized carbons (Fsp3) is 0.400. The van der Waals surface area contributed by atoms with Crippen LogP contribution < -0.4 is 5.32 Å². The van der Waals surface area contributed by atoms with Crippen LogP contribution >= 0.6 is 0 Å². The van der Waals surface area contributed by atoms with Crippen molar-refractivity contribution in [1.29, 1.82) is 0 Å². The molecule has 0 radical (unpaired) electrons. The predicted molar refractivity (Wildman–Crippen MR) is 99.8 cm³/mol. The fourth-order valence-electron chi connectivity index (χ4n) is 4.14. The van der Waals surface area contributed by atoms with Crippen molar-refractivity contribution >= 4 is 15.5 Å². The summed E-state index contributed by atoms with van der Waals surface area (Å²) in [7, 11) is -3.91. The van der Waals surface area contributed by atoms with Crippen LogP contribution in [0.4, 0.5) is 14.5 Å². The zero-order chi connectivity index (χ0) is 19.2. The highest BCUT2D eigenvalue weighted by Crippen LogP contribution is 2.42. The van der Waals surface area contributed by atoms with Crippen LogP contribution in [0.25, 0.3) is 0 Å². The van der Waals surface area contributed by atoms with Gasteiger partial charge in [0.05, 0.1) is 9.79 Å². The molecule has 0 spiro atoms. The van der Waals surface area contributed by atoms with E-state index < -0.39 is 21.5 Å². The van der Waals surface area contributed by atoms with Crippen LogP contribution in [0.5, 0.6) is 0 Å². The van der Waals surface area contributed by atoms with Crippen molar-refractivity contribution in [1.82, 2.24) is 4.90 Å². The van der Waals surface area contributed by atoms with Crippen molar-refractivity contribution in [3.8, 4) is 0 Å². The normalized spacial score (nSPS) is 22.6. The summed E-state index contributed by atoms with van der Waals surface area (Å²) in [6.45, 7) is 5.17. The molecule has 2 atom stereocenters. The average molecular weight is 392 g/mol. The number of sulfone groups is 1. The lowest BCUT2D eigenvalue weighted by Crippen LogP contribution is -2.25. The Kier molecular flexibility index (Phi) is 4.68. The highest BCUT2D eigenvalue weighted by Gasteiger charge is 2.35. The Bertz CT molecular complexity index is 978. The molecule has 0 bridgehead atoms. The summed E-state index contributed by atoms with van der Waals surface area (Å²) in [4.78, 5) is 2.29. The van der Waals surface area contributed by atoms with Gasteiger partial charge in [-0.05, 0) is 67.9 Å². The first kappa shape index (κ1) is 18.4. The molecule has 27 heavy (non-hydrogen) atoms. The Morgan fingerprint density at radius 2 is 1.74 bits per heavy atom. The smallest absolute Gasteiger partial charge is 0.206 e. The van der Waals surface area contributed by atoms with Crippen molar-refractivity contribution in [3.05, 3.63) is 53.6 Å². The monoisotopic (exact) mass is 392 g/mol. The number of likely N-dealkylation sites (tertiary alicyclic amines) is 1. The molecule has 1 fully saturated rings. The van der Waals surface area contributed by atoms with Crippen molar-refractivity contribution < 1.29 is 17.2 Å². The van der Waals surface area contributed by atoms with Gasteiger partial charge in [0, 0.05) is 24.2 Å². The zero-order valence-corrected chi connectivity index (χ0v) is 15.9. The van der Waals surface area contributed by atoms with Gasteiger partial charge in [0.2, 0.25) is 9.84 Å². The minimum Gasteiger partial charge on any atom is -0.381 e. The number of rotatable bonds is 3. The lowest BCUT2D eigenvalue weighted by Gasteiger charge is -2.17. The predicted octanol–water partition coefficient (Wildman–Crippen LogP) is 3.79. The number of benzene rings is 2. The maximum absolute atomic E-state index is 13.5. The van der Waals surface area contributed by atoms with Crippen LogP contribution in [0.15, 0.2) is 46.2 Å². The van der Waals surface area contributed by atoms with E-state index in [-0.39, 0.29) is 15.7 Å². The summed E-state index contributed by atoms with van der Waals surface area (Å²) >= 11 is 0. The number of hydrogen-bond acceptors (Lipinski definition) is 4. The topological polar surface area (TPSA) is 49.4 Å². The summed E-state index contributed by atoms with van der Waals surface area (Å²) in [5, 5.41) is 3.52. The lowest BCUT2D eigenvalue weighted by atomic mass is 9.91. The van der Waals surface area contributed by atoms with E-state index in [1.54, 1.807) is 12.1 Å². The van der Waals surface area contributed by atoms with Crippen LogP contribution in [0.1, 0.15) is 31.2 Å². The summed E-state index contributed by atoms with van der Waals surface area (Å²) in [5.74, 6) is -1.96. The van der Waals surface area contributed by atoms with Gasteiger partial charge in [0.25, 0.3) is 0 Å². The van der Waals surface area contributed by atoms with Crippen LogP contribution in [-0.4, -0.2) is 39.0 Å². The molecule has 144 valence electrons. The molecule has 2 aromatic rings. The first-order valence-electron chi connectivity index (χ1n) is 9.23. The third-order valence-electron chi connectivity index (χ3n) is 5.72. The fourth-order valence-corrected chi connectivity index (χ4v) is 5.45. The van der Waals surface area contributed by atoms with Gasteiger partial charge in [-0.25, -0.2) is 17.2 Å². The molecule has 0 amide bonds. The van der Waals surface area contributed by atoms with Gasteiger partial charge < -0.3 is 10.2 Å². The summed E-state index contributed by atoms with van der Waals surface area (Å²) in [6.07, 6.45) is 1.98. The van der Waals surface area contributed by atoms with Gasteiger partial charge in [-0.2, -0.15) is 0 Å². The standard InChI is InChI=1S/C20H22F2N2O2S/c1-2-24-9-7-15-16-11-13(4-6-19(16)23-20(15)8-10-24)27(25,26)14-3-5-17(21)18(22)12-14/h3-6,11-12,15,20,23H,2,7-10H2,1H3/t15-,20?/m0/s1. The second-order valence-electron chi connectivity index (χ2n) is 7.20. The molecular formula is C20H22F2N2O2S. The van der Waals surface area contributed by atoms with Crippen LogP contribution in [0.2, 0.25) is 0 Å². The van der Waals surface area contributed by atoms with Crippen LogP contribution in [-0.2, 0) is 9.84 Å². The number of nitrogens with one attached hydrogen (secondary N) is 1. The quantitative estimate of drug-likeness (QED) is 0.808. The molecule has 2 aliphatic rings. The molecule has 2 aliphatic heterocycles. The van der Waals surface area contributed by atoms with Gasteiger partial charge in [0.1, 0.15) is 0 Å². The van der Waals surface area contributed by atoms with E-state index >= 15 is 0 Å². The highest BCUT2D eigenvalue weighted by molar-refractivity contribution is 7.91. The first-order chi connectivity index (χ1) is 12.9. The molecule has 7 heteroatoms. The van der Waals surface area contributed by atoms with E-state index in [1.165, 1.54) is 6.07 Å². The number of halogens is 2. The first-order valence-corrected chi connectivity index (χ1v) is 10.7. The van der Waals surface area contributed by atoms with Crippen molar-refractivity contribution in [2.75, 3.05) is 25.0 Å². The largest absolute Gasteiger partial charge is 0.381 e. The number of fused-ring (bicyclic) bond motifs is 3. The Balaban J connectivity index is 1.69. The van der Waals surface area contributed by atoms with E-state index in [0.717, 1.165) is 61.9 Å². The summed E-state index contributed by atoms with van der Waals surface area (Å²) < 4.78 is 52.5. The summed E-state index contributed by atoms with van der Waals surface area (Å²) in [5.41, 5.74) is 1.97. The maximum Gasteiger partial charge on any atom is 0.206 e. The van der Waals surface area contributed by atoms with E-state index in [4.69, 9.17) is 0 Å². The highest BCUT2D eigenvalue weighted by atomic mass is 32.2. The number of nitrogens with zero attached hydrogens (tertiary/aromatic N) is 1. The molecule has 0 aromatic heterocycles. The number of hydrogen-bond donors (Lipinski definition) is 1. The molecule has 0 aliphatic carbocycles. The summed E-state index contributed by atoms with van der Waals surface area (Å²) in [6, 6.07) is 8.01. The van der Waals surface area contributed by atoms with Gasteiger partial charge in [-0.3, -0.25) is 0 Å². The van der Waals surface area contributed by atoms with Crippen molar-refractivity contribution in [3.63, 3.8) is 0 Å². The molecule has 1 N–H and O–H groups in total. The molecule has 1 saturated heterocycles. The maximum atomic E-state index is 13.5. The Hall–Kier alpha value is -1.99. The molecule has 0 saturated carbocycles. The van der Waals surface area contributed by atoms with Crippen LogP contribution in [0, 0.1) is 11.6 Å². The molecule has 2 heterocycles. The van der Waals surface area contributed by atoms with Gasteiger partial charge >= 0.3 is 0 Å². The zero-order valence-electron chi connectivity index (χ0n) is 15.1. The van der Waals surface area contributed by atoms with E-state index in [0.29, 0.717) is 6.04 Å². The van der Waals surface area contributed by atoms with Gasteiger partial charge in [-0.15, -0.1) is 0 Å². The van der Waals surface area contributed by atoms with Crippen LogP contribution in [0.3, 0.4) is 0 Å². The molecule has 4 rings (SSSR count). The van der Waals surface area contributed by atoms with Crippen molar-refractivity contribution in [2.45, 2.75) is 41.5 Å². The van der Waals surface area contributed by atoms with E-state index in [2.05, 4.69) is 17.1 Å². The van der Waals surface area contributed by atoms with E-state index in [1.807, 2.05) is 0 Å². The Morgan fingerprint density at radius 3 is 2.48 bits per heavy atom. The molecule has 1 unspecified atom stereocenters. The molecule has 4 nitrogen and oxygen atoms in total. The number of anilines is 1. The molecular weight excluding hydrogens is 370 g/mol. The van der Waals surface area contributed by atoms with E-state index in [9.17, 15) is 17.2 Å². The second kappa shape index (κ2) is 6.87. The van der Waals surface area contributed by atoms with Crippen molar-refractivity contribution in [2.24, 2.45) is 0 Å². The minimum absolute atomic E-state index is 0.117. The third-order valence-corrected chi connectivity index (χ3v) is 7.47. The second-order valence-corrected chi connectivity index (χ2v) is 9.15. The Morgan fingerprint density at radius 1 is 1.04 bits per heavy atom. The average Bonchev–Trinajstić information content (AvgIpc) is 2.87. The Labute approximate surface area is 158 Å². The van der Waals surface area contributed by atoms with Gasteiger partial charge in [-0.1, -0.05) is 6.92 Å².